The summed E-state index contributed by atoms with van der Waals surface area (Å²) in [5.41, 5.74) is -2.69. The molecule has 0 rings (SSSR count). The Morgan fingerprint density at radius 2 is 0.917 bits per heavy atom. The highest BCUT2D eigenvalue weighted by Crippen LogP contribution is 2.28. The molecule has 0 aromatic rings. The number of nitrogens with zero attached hydrogens (tertiary/aromatic N) is 4. The molecule has 0 fully saturated rings. The van der Waals surface area contributed by atoms with Crippen molar-refractivity contribution in [2.45, 2.75) is 132 Å². The second kappa shape index (κ2) is 17.8. The first-order chi connectivity index (χ1) is 21.3. The zero-order chi connectivity index (χ0) is 38.9. The average molecular weight is 685 g/mol. The van der Waals surface area contributed by atoms with Crippen LogP contribution in [0.2, 0.25) is 0 Å². The molecule has 0 aliphatic heterocycles. The molecule has 0 saturated carbocycles. The Bertz CT molecular complexity index is 1170. The van der Waals surface area contributed by atoms with Crippen LogP contribution in [0.3, 0.4) is 0 Å². The van der Waals surface area contributed by atoms with E-state index in [4.69, 9.17) is 9.47 Å². The lowest BCUT2D eigenvalue weighted by Crippen LogP contribution is -2.56. The Hall–Kier alpha value is -3.48. The second-order valence-corrected chi connectivity index (χ2v) is 15.6. The molecule has 278 valence electrons. The molecule has 0 bridgehead atoms. The number of ketones is 2. The van der Waals surface area contributed by atoms with Crippen LogP contribution in [0.1, 0.15) is 96.9 Å². The number of carbonyl (C=O) groups is 6. The quantitative estimate of drug-likeness (QED) is 0.292. The Labute approximate surface area is 288 Å². The fourth-order valence-corrected chi connectivity index (χ4v) is 5.00. The van der Waals surface area contributed by atoms with Gasteiger partial charge < -0.3 is 24.4 Å². The van der Waals surface area contributed by atoms with Crippen molar-refractivity contribution in [3.63, 3.8) is 0 Å². The minimum atomic E-state index is -0.804. The SMILES string of the molecule is C=CC(C)(C)[C@@H](C(C)=O)N(C)C(=O)[C@@H](C)N(C)C(=O)OC(C)(C)C.CC(=O)[C@@H](N(C)C(=O)[C@@H](C)N(C)C(=O)OC(C)(C)C)C(C)(C)CO. The Kier molecular flexibility index (Phi) is 17.3. The van der Waals surface area contributed by atoms with Crippen molar-refractivity contribution < 1.29 is 43.3 Å². The van der Waals surface area contributed by atoms with Crippen molar-refractivity contribution in [3.8, 4) is 0 Å². The van der Waals surface area contributed by atoms with E-state index in [0.717, 1.165) is 0 Å². The van der Waals surface area contributed by atoms with Crippen molar-refractivity contribution in [3.05, 3.63) is 12.7 Å². The topological polar surface area (TPSA) is 154 Å². The van der Waals surface area contributed by atoms with Crippen LogP contribution in [0.4, 0.5) is 9.59 Å². The van der Waals surface area contributed by atoms with Gasteiger partial charge in [-0.25, -0.2) is 9.59 Å². The molecule has 0 aromatic carbocycles. The summed E-state index contributed by atoms with van der Waals surface area (Å²) in [6.07, 6.45) is 0.460. The summed E-state index contributed by atoms with van der Waals surface area (Å²) in [5.74, 6) is -1.09. The van der Waals surface area contributed by atoms with E-state index in [1.807, 2.05) is 13.8 Å². The fraction of sp³-hybridized carbons (Fsp3) is 0.771. The maximum atomic E-state index is 12.8. The predicted octanol–water partition coefficient (Wildman–Crippen LogP) is 4.55. The molecular formula is C35H64N4O9. The first-order valence-corrected chi connectivity index (χ1v) is 16.0. The van der Waals surface area contributed by atoms with Crippen LogP contribution in [-0.2, 0) is 28.7 Å². The van der Waals surface area contributed by atoms with Gasteiger partial charge in [0, 0.05) is 39.0 Å². The minimum absolute atomic E-state index is 0.136. The van der Waals surface area contributed by atoms with E-state index in [1.54, 1.807) is 82.4 Å². The molecule has 48 heavy (non-hydrogen) atoms. The van der Waals surface area contributed by atoms with Gasteiger partial charge >= 0.3 is 12.2 Å². The number of likely N-dealkylation sites (N-methyl/N-ethyl adjacent to an activating group) is 4. The van der Waals surface area contributed by atoms with E-state index in [9.17, 15) is 33.9 Å². The summed E-state index contributed by atoms with van der Waals surface area (Å²) in [4.78, 5) is 78.9. The van der Waals surface area contributed by atoms with Gasteiger partial charge in [0.2, 0.25) is 11.8 Å². The normalized spacial score (nSPS) is 14.5. The standard InChI is InChI=1S/C18H32N2O4.C17H32N2O5/c1-11-18(7,8)14(13(3)21)20(10)15(22)12(2)19(9)16(23)24-17(4,5)6;1-11(18(8)15(23)24-16(3,4)5)14(22)19(9)13(12(2)21)17(6,7)10-20/h11-12,14H,1H2,2-10H3;11,13,20H,10H2,1-9H3/t12-,14-;11-,13-/m11/s1. The van der Waals surface area contributed by atoms with Gasteiger partial charge in [-0.2, -0.15) is 0 Å². The first-order valence-electron chi connectivity index (χ1n) is 16.0. The molecule has 0 radical (unpaired) electrons. The summed E-state index contributed by atoms with van der Waals surface area (Å²) >= 11 is 0. The lowest BCUT2D eigenvalue weighted by atomic mass is 9.81. The Balaban J connectivity index is 0. The van der Waals surface area contributed by atoms with E-state index in [1.165, 1.54) is 54.6 Å². The molecule has 1 N–H and O–H groups in total. The van der Waals surface area contributed by atoms with Gasteiger partial charge in [0.05, 0.1) is 18.7 Å². The van der Waals surface area contributed by atoms with Crippen molar-refractivity contribution in [2.24, 2.45) is 10.8 Å². The largest absolute Gasteiger partial charge is 0.444 e. The van der Waals surface area contributed by atoms with Gasteiger partial charge in [0.1, 0.15) is 23.3 Å². The number of rotatable bonds is 12. The Morgan fingerprint density at radius 1 is 0.625 bits per heavy atom. The smallest absolute Gasteiger partial charge is 0.410 e. The zero-order valence-electron chi connectivity index (χ0n) is 32.8. The first kappa shape index (κ1) is 46.6. The summed E-state index contributed by atoms with van der Waals surface area (Å²) in [6, 6.07) is -3.00. The maximum absolute atomic E-state index is 12.8. The number of hydrogen-bond acceptors (Lipinski definition) is 9. The van der Waals surface area contributed by atoms with Gasteiger partial charge in [-0.1, -0.05) is 33.8 Å². The maximum Gasteiger partial charge on any atom is 0.410 e. The minimum Gasteiger partial charge on any atom is -0.444 e. The summed E-state index contributed by atoms with van der Waals surface area (Å²) in [6.45, 7) is 27.1. The van der Waals surface area contributed by atoms with E-state index in [-0.39, 0.29) is 24.1 Å². The molecule has 0 saturated heterocycles. The number of amides is 4. The lowest BCUT2D eigenvalue weighted by Gasteiger charge is -2.39. The third kappa shape index (κ3) is 13.9. The van der Waals surface area contributed by atoms with Crippen LogP contribution < -0.4 is 0 Å². The molecule has 0 spiro atoms. The highest BCUT2D eigenvalue weighted by molar-refractivity contribution is 5.92. The van der Waals surface area contributed by atoms with Crippen molar-refractivity contribution in [2.75, 3.05) is 34.8 Å². The number of aliphatic hydroxyl groups is 1. The highest BCUT2D eigenvalue weighted by Gasteiger charge is 2.41. The number of hydrogen-bond donors (Lipinski definition) is 1. The molecular weight excluding hydrogens is 620 g/mol. The number of carbonyl (C=O) groups excluding carboxylic acids is 6. The molecule has 0 heterocycles. The summed E-state index contributed by atoms with van der Waals surface area (Å²) < 4.78 is 10.5. The molecule has 4 amide bonds. The van der Waals surface area contributed by atoms with Crippen LogP contribution >= 0.6 is 0 Å². The highest BCUT2D eigenvalue weighted by atomic mass is 16.6. The second-order valence-electron chi connectivity index (χ2n) is 15.6. The molecule has 0 aliphatic carbocycles. The zero-order valence-corrected chi connectivity index (χ0v) is 32.8. The van der Waals surface area contributed by atoms with Crippen molar-refractivity contribution in [1.29, 1.82) is 0 Å². The number of aliphatic hydroxyl groups excluding tert-OH is 1. The monoisotopic (exact) mass is 684 g/mol. The number of Topliss-reactive ketones (excluding diaryl/α,β-unsaturated/α-hetero) is 2. The van der Waals surface area contributed by atoms with E-state index in [0.29, 0.717) is 0 Å². The molecule has 0 aromatic heterocycles. The Morgan fingerprint density at radius 3 is 1.15 bits per heavy atom. The average Bonchev–Trinajstić information content (AvgIpc) is 2.92. The van der Waals surface area contributed by atoms with Gasteiger partial charge in [0.15, 0.2) is 11.6 Å². The van der Waals surface area contributed by atoms with Gasteiger partial charge in [-0.05, 0) is 69.2 Å². The molecule has 0 aliphatic rings. The van der Waals surface area contributed by atoms with Crippen LogP contribution in [0.25, 0.3) is 0 Å². The summed E-state index contributed by atoms with van der Waals surface area (Å²) in [7, 11) is 6.06. The van der Waals surface area contributed by atoms with E-state index < -0.39 is 64.3 Å². The van der Waals surface area contributed by atoms with Crippen LogP contribution in [0.15, 0.2) is 12.7 Å². The van der Waals surface area contributed by atoms with Crippen molar-refractivity contribution in [1.82, 2.24) is 19.6 Å². The third-order valence-electron chi connectivity index (χ3n) is 7.86. The van der Waals surface area contributed by atoms with E-state index >= 15 is 0 Å². The van der Waals surface area contributed by atoms with Gasteiger partial charge in [0.25, 0.3) is 0 Å². The van der Waals surface area contributed by atoms with Crippen LogP contribution in [0, 0.1) is 10.8 Å². The van der Waals surface area contributed by atoms with Gasteiger partial charge in [-0.15, -0.1) is 6.58 Å². The predicted molar refractivity (Wildman–Crippen MR) is 186 cm³/mol. The van der Waals surface area contributed by atoms with E-state index in [2.05, 4.69) is 6.58 Å². The molecule has 13 heteroatoms. The van der Waals surface area contributed by atoms with Crippen LogP contribution in [-0.4, -0.2) is 130 Å². The molecule has 13 nitrogen and oxygen atoms in total. The number of ether oxygens (including phenoxy) is 2. The van der Waals surface area contributed by atoms with Gasteiger partial charge in [-0.3, -0.25) is 29.0 Å². The van der Waals surface area contributed by atoms with Crippen LogP contribution in [0.5, 0.6) is 0 Å². The molecule has 4 atom stereocenters. The van der Waals surface area contributed by atoms with Crippen molar-refractivity contribution >= 4 is 35.6 Å². The third-order valence-corrected chi connectivity index (χ3v) is 7.86. The lowest BCUT2D eigenvalue weighted by molar-refractivity contribution is -0.145. The summed E-state index contributed by atoms with van der Waals surface area (Å²) in [5, 5.41) is 9.53. The molecule has 0 unspecified atom stereocenters. The fourth-order valence-electron chi connectivity index (χ4n) is 5.00.